The molecule has 6 nitrogen and oxygen atoms in total. The Morgan fingerprint density at radius 2 is 1.92 bits per heavy atom. The highest BCUT2D eigenvalue weighted by molar-refractivity contribution is 5.94. The fourth-order valence-electron chi connectivity index (χ4n) is 2.95. The molecule has 1 aliphatic heterocycles. The molecule has 1 saturated heterocycles. The van der Waals surface area contributed by atoms with E-state index in [9.17, 15) is 4.79 Å². The van der Waals surface area contributed by atoms with E-state index in [1.165, 1.54) is 12.8 Å². The second-order valence-corrected chi connectivity index (χ2v) is 6.95. The van der Waals surface area contributed by atoms with Crippen LogP contribution in [0.25, 0.3) is 0 Å². The summed E-state index contributed by atoms with van der Waals surface area (Å²) in [6, 6.07) is 7.60. The van der Waals surface area contributed by atoms with Gasteiger partial charge in [0.05, 0.1) is 17.8 Å². The minimum atomic E-state index is 0.0601. The number of ether oxygens (including phenoxy) is 1. The number of aromatic nitrogens is 3. The quantitative estimate of drug-likeness (QED) is 0.847. The summed E-state index contributed by atoms with van der Waals surface area (Å²) in [6.07, 6.45) is 4.63. The maximum atomic E-state index is 12.5. The molecule has 24 heavy (non-hydrogen) atoms. The molecule has 0 unspecified atom stereocenters. The average molecular weight is 326 g/mol. The number of benzene rings is 1. The molecule has 1 amide bonds. The van der Waals surface area contributed by atoms with Gasteiger partial charge in [-0.15, -0.1) is 5.10 Å². The topological polar surface area (TPSA) is 60.2 Å². The SMILES string of the molecule is CC(C)Oc1ccc(C(=O)N2CC(n3cc(C4CC4)nn3)C2)cc1. The van der Waals surface area contributed by atoms with Gasteiger partial charge in [0.1, 0.15) is 5.75 Å². The molecular weight excluding hydrogens is 304 g/mol. The molecule has 2 aliphatic rings. The zero-order valence-electron chi connectivity index (χ0n) is 14.1. The standard InChI is InChI=1S/C18H22N4O2/c1-12(2)24-16-7-5-14(6-8-16)18(23)21-9-15(10-21)22-11-17(19-20-22)13-3-4-13/h5-8,11-13,15H,3-4,9-10H2,1-2H3. The summed E-state index contributed by atoms with van der Waals surface area (Å²) in [4.78, 5) is 14.3. The summed E-state index contributed by atoms with van der Waals surface area (Å²) >= 11 is 0. The second kappa shape index (κ2) is 5.92. The van der Waals surface area contributed by atoms with Crippen molar-refractivity contribution in [3.05, 3.63) is 41.7 Å². The summed E-state index contributed by atoms with van der Waals surface area (Å²) in [5.74, 6) is 1.46. The van der Waals surface area contributed by atoms with Crippen LogP contribution in [0, 0.1) is 0 Å². The van der Waals surface area contributed by atoms with Crippen LogP contribution in [-0.4, -0.2) is 45.0 Å². The monoisotopic (exact) mass is 326 g/mol. The lowest BCUT2D eigenvalue weighted by Crippen LogP contribution is -2.50. The number of hydrogen-bond donors (Lipinski definition) is 0. The van der Waals surface area contributed by atoms with Crippen molar-refractivity contribution in [2.45, 2.75) is 44.8 Å². The lowest BCUT2D eigenvalue weighted by Gasteiger charge is -2.38. The lowest BCUT2D eigenvalue weighted by atomic mass is 10.1. The highest BCUT2D eigenvalue weighted by Gasteiger charge is 2.34. The van der Waals surface area contributed by atoms with Crippen molar-refractivity contribution in [3.8, 4) is 5.75 Å². The van der Waals surface area contributed by atoms with Crippen molar-refractivity contribution < 1.29 is 9.53 Å². The predicted octanol–water partition coefficient (Wildman–Crippen LogP) is 2.64. The van der Waals surface area contributed by atoms with Crippen molar-refractivity contribution >= 4 is 5.91 Å². The number of likely N-dealkylation sites (tertiary alicyclic amines) is 1. The van der Waals surface area contributed by atoms with Crippen molar-refractivity contribution in [3.63, 3.8) is 0 Å². The third-order valence-electron chi connectivity index (χ3n) is 4.52. The molecule has 1 aromatic heterocycles. The van der Waals surface area contributed by atoms with Crippen LogP contribution < -0.4 is 4.74 Å². The molecule has 1 saturated carbocycles. The van der Waals surface area contributed by atoms with Gasteiger partial charge in [0.25, 0.3) is 5.91 Å². The van der Waals surface area contributed by atoms with E-state index in [2.05, 4.69) is 10.3 Å². The van der Waals surface area contributed by atoms with Crippen molar-refractivity contribution in [2.24, 2.45) is 0 Å². The van der Waals surface area contributed by atoms with Crippen molar-refractivity contribution in [2.75, 3.05) is 13.1 Å². The van der Waals surface area contributed by atoms with Gasteiger partial charge in [0, 0.05) is 30.8 Å². The van der Waals surface area contributed by atoms with E-state index in [0.717, 1.165) is 11.4 Å². The van der Waals surface area contributed by atoms with Gasteiger partial charge in [-0.25, -0.2) is 4.68 Å². The van der Waals surface area contributed by atoms with E-state index < -0.39 is 0 Å². The number of nitrogens with zero attached hydrogens (tertiary/aromatic N) is 4. The second-order valence-electron chi connectivity index (χ2n) is 6.95. The predicted molar refractivity (Wildman–Crippen MR) is 89.1 cm³/mol. The van der Waals surface area contributed by atoms with E-state index in [-0.39, 0.29) is 18.1 Å². The van der Waals surface area contributed by atoms with Gasteiger partial charge in [-0.3, -0.25) is 4.79 Å². The number of rotatable bonds is 5. The van der Waals surface area contributed by atoms with Gasteiger partial charge < -0.3 is 9.64 Å². The van der Waals surface area contributed by atoms with Gasteiger partial charge in [-0.1, -0.05) is 5.21 Å². The first-order chi connectivity index (χ1) is 11.6. The average Bonchev–Trinajstić information content (AvgIpc) is 3.25. The van der Waals surface area contributed by atoms with Gasteiger partial charge in [0.2, 0.25) is 0 Å². The van der Waals surface area contributed by atoms with Crippen LogP contribution in [0.3, 0.4) is 0 Å². The number of hydrogen-bond acceptors (Lipinski definition) is 4. The summed E-state index contributed by atoms with van der Waals surface area (Å²) < 4.78 is 7.52. The number of carbonyl (C=O) groups is 1. The van der Waals surface area contributed by atoms with Crippen LogP contribution in [0.1, 0.15) is 54.7 Å². The summed E-state index contributed by atoms with van der Waals surface area (Å²) in [7, 11) is 0. The van der Waals surface area contributed by atoms with Crippen molar-refractivity contribution in [1.82, 2.24) is 19.9 Å². The largest absolute Gasteiger partial charge is 0.491 e. The van der Waals surface area contributed by atoms with E-state index >= 15 is 0 Å². The highest BCUT2D eigenvalue weighted by Crippen LogP contribution is 2.39. The fraction of sp³-hybridized carbons (Fsp3) is 0.500. The zero-order valence-corrected chi connectivity index (χ0v) is 14.1. The van der Waals surface area contributed by atoms with Crippen LogP contribution in [-0.2, 0) is 0 Å². The van der Waals surface area contributed by atoms with E-state index in [1.807, 2.05) is 53.9 Å². The first kappa shape index (κ1) is 15.2. The smallest absolute Gasteiger partial charge is 0.254 e. The Labute approximate surface area is 141 Å². The molecule has 126 valence electrons. The van der Waals surface area contributed by atoms with Gasteiger partial charge in [-0.05, 0) is 51.0 Å². The van der Waals surface area contributed by atoms with Gasteiger partial charge >= 0.3 is 0 Å². The Balaban J connectivity index is 1.34. The molecule has 0 spiro atoms. The molecule has 0 bridgehead atoms. The Bertz CT molecular complexity index is 728. The fourth-order valence-corrected chi connectivity index (χ4v) is 2.95. The maximum absolute atomic E-state index is 12.5. The first-order valence-corrected chi connectivity index (χ1v) is 8.58. The molecule has 6 heteroatoms. The minimum absolute atomic E-state index is 0.0601. The lowest BCUT2D eigenvalue weighted by molar-refractivity contribution is 0.0498. The maximum Gasteiger partial charge on any atom is 0.254 e. The summed E-state index contributed by atoms with van der Waals surface area (Å²) in [5, 5.41) is 8.46. The molecule has 2 fully saturated rings. The zero-order chi connectivity index (χ0) is 16.7. The van der Waals surface area contributed by atoms with Crippen molar-refractivity contribution in [1.29, 1.82) is 0 Å². The molecule has 1 aromatic carbocycles. The van der Waals surface area contributed by atoms with E-state index in [0.29, 0.717) is 24.6 Å². The molecular formula is C18H22N4O2. The molecule has 0 atom stereocenters. The summed E-state index contributed by atoms with van der Waals surface area (Å²) in [5.41, 5.74) is 1.79. The number of carbonyl (C=O) groups excluding carboxylic acids is 1. The number of amides is 1. The molecule has 2 aromatic rings. The van der Waals surface area contributed by atoms with E-state index in [4.69, 9.17) is 4.74 Å². The molecule has 1 aliphatic carbocycles. The van der Waals surface area contributed by atoms with Crippen LogP contribution in [0.4, 0.5) is 0 Å². The third-order valence-corrected chi connectivity index (χ3v) is 4.52. The first-order valence-electron chi connectivity index (χ1n) is 8.58. The normalized spacial score (nSPS) is 17.9. The Morgan fingerprint density at radius 3 is 2.54 bits per heavy atom. The summed E-state index contributed by atoms with van der Waals surface area (Å²) in [6.45, 7) is 5.35. The molecule has 0 radical (unpaired) electrons. The molecule has 4 rings (SSSR count). The van der Waals surface area contributed by atoms with Crippen LogP contribution in [0.5, 0.6) is 5.75 Å². The van der Waals surface area contributed by atoms with E-state index in [1.54, 1.807) is 0 Å². The molecule has 0 N–H and O–H groups in total. The van der Waals surface area contributed by atoms with Crippen LogP contribution in [0.2, 0.25) is 0 Å². The van der Waals surface area contributed by atoms with Gasteiger partial charge in [0.15, 0.2) is 0 Å². The molecule has 2 heterocycles. The Kier molecular flexibility index (Phi) is 3.75. The minimum Gasteiger partial charge on any atom is -0.491 e. The van der Waals surface area contributed by atoms with Crippen LogP contribution >= 0.6 is 0 Å². The van der Waals surface area contributed by atoms with Crippen LogP contribution in [0.15, 0.2) is 30.5 Å². The highest BCUT2D eigenvalue weighted by atomic mass is 16.5. The third kappa shape index (κ3) is 3.00. The van der Waals surface area contributed by atoms with Gasteiger partial charge in [-0.2, -0.15) is 0 Å². The Morgan fingerprint density at radius 1 is 1.21 bits per heavy atom. The Hall–Kier alpha value is -2.37.